The molecule has 1 aliphatic rings. The minimum absolute atomic E-state index is 0.0903. The Hall–Kier alpha value is -2.28. The molecule has 0 amide bonds. The molecule has 2 heterocycles. The highest BCUT2D eigenvalue weighted by Crippen LogP contribution is 2.41. The summed E-state index contributed by atoms with van der Waals surface area (Å²) < 4.78 is 6.94. The largest absolute Gasteiger partial charge is 0.377 e. The summed E-state index contributed by atoms with van der Waals surface area (Å²) in [4.78, 5) is 30.7. The summed E-state index contributed by atoms with van der Waals surface area (Å²) in [6, 6.07) is 9.79. The molecule has 0 saturated heterocycles. The zero-order valence-electron chi connectivity index (χ0n) is 14.7. The van der Waals surface area contributed by atoms with Gasteiger partial charge in [0.15, 0.2) is 0 Å². The third-order valence-corrected chi connectivity index (χ3v) is 6.40. The number of benzene rings is 1. The number of ether oxygens (including phenoxy) is 1. The average molecular weight is 401 g/mol. The summed E-state index contributed by atoms with van der Waals surface area (Å²) in [5, 5.41) is 1.05. The standard InChI is InChI=1S/C20H17ClN2O3S/c1-26-11-15-22-19-16(14-8-7-13(10-24)17(21)18(14)27-19)20(25)23(15)9-12-5-3-2-4-6-12/h2-6,10H,7-9,11H2,1H3. The molecular formula is C20H17ClN2O3S. The number of carbonyl (C=O) groups excluding carboxylic acids is 1. The first-order chi connectivity index (χ1) is 13.1. The number of aldehydes is 1. The zero-order chi connectivity index (χ0) is 19.0. The number of allylic oxidation sites excluding steroid dienone is 1. The summed E-state index contributed by atoms with van der Waals surface area (Å²) in [5.41, 5.74) is 2.40. The van der Waals surface area contributed by atoms with Crippen molar-refractivity contribution in [2.24, 2.45) is 0 Å². The molecule has 0 atom stereocenters. The van der Waals surface area contributed by atoms with Gasteiger partial charge in [-0.1, -0.05) is 41.9 Å². The van der Waals surface area contributed by atoms with Gasteiger partial charge in [0.25, 0.3) is 5.56 Å². The van der Waals surface area contributed by atoms with Crippen molar-refractivity contribution in [3.8, 4) is 0 Å². The molecule has 27 heavy (non-hydrogen) atoms. The first-order valence-electron chi connectivity index (χ1n) is 8.56. The van der Waals surface area contributed by atoms with Crippen molar-refractivity contribution >= 4 is 44.5 Å². The van der Waals surface area contributed by atoms with E-state index in [0.717, 1.165) is 22.3 Å². The highest BCUT2D eigenvalue weighted by Gasteiger charge is 2.26. The van der Waals surface area contributed by atoms with Crippen molar-refractivity contribution in [3.05, 3.63) is 68.1 Å². The van der Waals surface area contributed by atoms with Crippen LogP contribution in [-0.2, 0) is 29.1 Å². The van der Waals surface area contributed by atoms with Crippen LogP contribution in [-0.4, -0.2) is 22.9 Å². The Morgan fingerprint density at radius 1 is 1.30 bits per heavy atom. The average Bonchev–Trinajstić information content (AvgIpc) is 3.06. The van der Waals surface area contributed by atoms with Gasteiger partial charge in [0.2, 0.25) is 0 Å². The molecule has 0 aliphatic heterocycles. The number of fused-ring (bicyclic) bond motifs is 3. The molecule has 0 fully saturated rings. The van der Waals surface area contributed by atoms with Gasteiger partial charge in [-0.15, -0.1) is 11.3 Å². The Morgan fingerprint density at radius 3 is 2.78 bits per heavy atom. The van der Waals surface area contributed by atoms with Crippen LogP contribution in [0.5, 0.6) is 0 Å². The summed E-state index contributed by atoms with van der Waals surface area (Å²) in [7, 11) is 1.58. The molecule has 4 rings (SSSR count). The second kappa shape index (κ2) is 7.38. The number of methoxy groups -OCH3 is 1. The van der Waals surface area contributed by atoms with Gasteiger partial charge in [0.05, 0.1) is 21.8 Å². The van der Waals surface area contributed by atoms with Crippen LogP contribution in [0.4, 0.5) is 0 Å². The maximum atomic E-state index is 13.4. The number of rotatable bonds is 5. The fourth-order valence-corrected chi connectivity index (χ4v) is 4.96. The van der Waals surface area contributed by atoms with Gasteiger partial charge >= 0.3 is 0 Å². The lowest BCUT2D eigenvalue weighted by Gasteiger charge is -2.14. The molecule has 0 spiro atoms. The summed E-state index contributed by atoms with van der Waals surface area (Å²) >= 11 is 7.77. The number of halogens is 1. The predicted molar refractivity (Wildman–Crippen MR) is 107 cm³/mol. The number of aromatic nitrogens is 2. The molecule has 0 unspecified atom stereocenters. The van der Waals surface area contributed by atoms with E-state index in [1.54, 1.807) is 11.7 Å². The van der Waals surface area contributed by atoms with Crippen LogP contribution < -0.4 is 5.56 Å². The van der Waals surface area contributed by atoms with Crippen LogP contribution in [0.25, 0.3) is 15.2 Å². The Morgan fingerprint density at radius 2 is 2.07 bits per heavy atom. The van der Waals surface area contributed by atoms with E-state index >= 15 is 0 Å². The smallest absolute Gasteiger partial charge is 0.262 e. The summed E-state index contributed by atoms with van der Waals surface area (Å²) in [5.74, 6) is 0.577. The predicted octanol–water partition coefficient (Wildman–Crippen LogP) is 3.75. The van der Waals surface area contributed by atoms with Crippen molar-refractivity contribution in [2.75, 3.05) is 7.11 Å². The maximum absolute atomic E-state index is 13.4. The molecule has 0 N–H and O–H groups in total. The molecule has 2 aromatic heterocycles. The van der Waals surface area contributed by atoms with E-state index in [1.165, 1.54) is 11.3 Å². The van der Waals surface area contributed by atoms with Gasteiger partial charge < -0.3 is 4.74 Å². The van der Waals surface area contributed by atoms with Crippen molar-refractivity contribution in [3.63, 3.8) is 0 Å². The molecule has 0 bridgehead atoms. The summed E-state index contributed by atoms with van der Waals surface area (Å²) in [6.45, 7) is 0.666. The van der Waals surface area contributed by atoms with Gasteiger partial charge in [0, 0.05) is 12.7 Å². The van der Waals surface area contributed by atoms with Crippen molar-refractivity contribution in [2.45, 2.75) is 26.0 Å². The molecule has 5 nitrogen and oxygen atoms in total. The minimum Gasteiger partial charge on any atom is -0.377 e. The topological polar surface area (TPSA) is 61.2 Å². The number of hydrogen-bond donors (Lipinski definition) is 0. The normalized spacial score (nSPS) is 13.9. The van der Waals surface area contributed by atoms with Gasteiger partial charge in [0.1, 0.15) is 23.5 Å². The van der Waals surface area contributed by atoms with Gasteiger partial charge in [-0.3, -0.25) is 14.2 Å². The lowest BCUT2D eigenvalue weighted by molar-refractivity contribution is -0.105. The van der Waals surface area contributed by atoms with Crippen LogP contribution in [0.1, 0.15) is 28.2 Å². The Balaban J connectivity index is 1.94. The van der Waals surface area contributed by atoms with Gasteiger partial charge in [-0.05, 0) is 24.0 Å². The Labute approximate surface area is 164 Å². The van der Waals surface area contributed by atoms with Crippen LogP contribution in [0.2, 0.25) is 0 Å². The van der Waals surface area contributed by atoms with Crippen LogP contribution in [0, 0.1) is 0 Å². The van der Waals surface area contributed by atoms with Crippen molar-refractivity contribution in [1.82, 2.24) is 9.55 Å². The molecule has 1 aliphatic carbocycles. The van der Waals surface area contributed by atoms with Gasteiger partial charge in [-0.25, -0.2) is 4.98 Å². The highest BCUT2D eigenvalue weighted by atomic mass is 35.5. The molecule has 1 aromatic carbocycles. The molecule has 0 saturated carbocycles. The maximum Gasteiger partial charge on any atom is 0.262 e. The van der Waals surface area contributed by atoms with Gasteiger partial charge in [-0.2, -0.15) is 0 Å². The molecule has 3 aromatic rings. The molecular weight excluding hydrogens is 384 g/mol. The minimum atomic E-state index is -0.0903. The third-order valence-electron chi connectivity index (χ3n) is 4.71. The number of nitrogens with zero attached hydrogens (tertiary/aromatic N) is 2. The van der Waals surface area contributed by atoms with Crippen LogP contribution >= 0.6 is 22.9 Å². The molecule has 0 radical (unpaired) electrons. The SMILES string of the molecule is COCc1nc2sc3c(c2c(=O)n1Cc1ccccc1)CCC(C=O)=C3Cl. The van der Waals surface area contributed by atoms with E-state index in [1.807, 2.05) is 30.3 Å². The Kier molecular flexibility index (Phi) is 4.95. The number of hydrogen-bond acceptors (Lipinski definition) is 5. The zero-order valence-corrected chi connectivity index (χ0v) is 16.3. The number of aryl methyl sites for hydroxylation is 1. The van der Waals surface area contributed by atoms with Crippen LogP contribution in [0.3, 0.4) is 0 Å². The lowest BCUT2D eigenvalue weighted by Crippen LogP contribution is -2.26. The van der Waals surface area contributed by atoms with E-state index in [9.17, 15) is 9.59 Å². The summed E-state index contributed by atoms with van der Waals surface area (Å²) in [6.07, 6.45) is 1.96. The molecule has 138 valence electrons. The van der Waals surface area contributed by atoms with E-state index in [-0.39, 0.29) is 12.2 Å². The van der Waals surface area contributed by atoms with E-state index in [2.05, 4.69) is 0 Å². The fraction of sp³-hybridized carbons (Fsp3) is 0.250. The lowest BCUT2D eigenvalue weighted by atomic mass is 9.97. The second-order valence-electron chi connectivity index (χ2n) is 6.38. The monoisotopic (exact) mass is 400 g/mol. The third kappa shape index (κ3) is 3.14. The first-order valence-corrected chi connectivity index (χ1v) is 9.75. The fourth-order valence-electron chi connectivity index (χ4n) is 3.39. The second-order valence-corrected chi connectivity index (χ2v) is 7.76. The van der Waals surface area contributed by atoms with Crippen molar-refractivity contribution in [1.29, 1.82) is 0 Å². The van der Waals surface area contributed by atoms with Crippen LogP contribution in [0.15, 0.2) is 40.7 Å². The Bertz CT molecular complexity index is 1120. The van der Waals surface area contributed by atoms with Crippen molar-refractivity contribution < 1.29 is 9.53 Å². The number of carbonyl (C=O) groups is 1. The number of thiophene rings is 1. The van der Waals surface area contributed by atoms with E-state index in [4.69, 9.17) is 21.3 Å². The van der Waals surface area contributed by atoms with E-state index in [0.29, 0.717) is 46.0 Å². The quantitative estimate of drug-likeness (QED) is 0.612. The van der Waals surface area contributed by atoms with E-state index < -0.39 is 0 Å². The molecule has 7 heteroatoms. The highest BCUT2D eigenvalue weighted by molar-refractivity contribution is 7.20. The first kappa shape index (κ1) is 18.1.